The van der Waals surface area contributed by atoms with Crippen molar-refractivity contribution in [2.24, 2.45) is 0 Å². The first-order chi connectivity index (χ1) is 13.0. The zero-order chi connectivity index (χ0) is 20.7. The van der Waals surface area contributed by atoms with E-state index in [-0.39, 0.29) is 0 Å². The third-order valence-corrected chi connectivity index (χ3v) is 5.07. The molecule has 6 nitrogen and oxygen atoms in total. The van der Waals surface area contributed by atoms with Crippen LogP contribution in [0.1, 0.15) is 73.1 Å². The second-order valence-corrected chi connectivity index (χ2v) is 7.58. The molecule has 0 saturated carbocycles. The van der Waals surface area contributed by atoms with Crippen molar-refractivity contribution in [2.75, 3.05) is 60.4 Å². The van der Waals surface area contributed by atoms with Crippen molar-refractivity contribution in [3.05, 3.63) is 0 Å². The highest BCUT2D eigenvalue weighted by molar-refractivity contribution is 4.65. The predicted molar refractivity (Wildman–Crippen MR) is 119 cm³/mol. The minimum atomic E-state index is 0.447. The molecule has 0 bridgehead atoms. The summed E-state index contributed by atoms with van der Waals surface area (Å²) in [5, 5.41) is 13.6. The average molecular weight is 387 g/mol. The molecule has 0 amide bonds. The first kappa shape index (κ1) is 26.8. The Kier molecular flexibility index (Phi) is 16.5. The molecule has 0 fully saturated rings. The summed E-state index contributed by atoms with van der Waals surface area (Å²) in [5.74, 6) is 0. The van der Waals surface area contributed by atoms with Gasteiger partial charge in [0.25, 0.3) is 0 Å². The van der Waals surface area contributed by atoms with Crippen LogP contribution in [-0.4, -0.2) is 91.7 Å². The molecule has 1 atom stereocenters. The molecule has 0 aromatic heterocycles. The van der Waals surface area contributed by atoms with Crippen molar-refractivity contribution in [3.8, 4) is 0 Å². The Hall–Kier alpha value is -0.240. The molecule has 0 radical (unpaired) electrons. The largest absolute Gasteiger partial charge is 0.305 e. The van der Waals surface area contributed by atoms with Gasteiger partial charge in [-0.15, -0.1) is 5.23 Å². The summed E-state index contributed by atoms with van der Waals surface area (Å²) in [6, 6.07) is 0. The highest BCUT2D eigenvalue weighted by Gasteiger charge is 2.26. The molecule has 164 valence electrons. The lowest BCUT2D eigenvalue weighted by molar-refractivity contribution is -0.307. The van der Waals surface area contributed by atoms with Crippen LogP contribution in [0.15, 0.2) is 0 Å². The number of rotatable bonds is 18. The number of hydrazine groups is 3. The van der Waals surface area contributed by atoms with E-state index in [1.165, 1.54) is 38.5 Å². The molecule has 0 aliphatic rings. The van der Waals surface area contributed by atoms with Crippen LogP contribution in [-0.2, 0) is 0 Å². The Labute approximate surface area is 170 Å². The van der Waals surface area contributed by atoms with Crippen molar-refractivity contribution in [1.29, 1.82) is 0 Å². The quantitative estimate of drug-likeness (QED) is 0.286. The average Bonchev–Trinajstić information content (AvgIpc) is 2.65. The van der Waals surface area contributed by atoms with Gasteiger partial charge in [-0.2, -0.15) is 0 Å². The van der Waals surface area contributed by atoms with Crippen molar-refractivity contribution >= 4 is 0 Å². The minimum absolute atomic E-state index is 0.447. The second-order valence-electron chi connectivity index (χ2n) is 7.58. The number of nitrogens with zero attached hydrogens (tertiary/aromatic N) is 5. The molecule has 6 heteroatoms. The van der Waals surface area contributed by atoms with Gasteiger partial charge in [-0.25, -0.2) is 15.0 Å². The molecule has 0 aliphatic heterocycles. The van der Waals surface area contributed by atoms with Crippen molar-refractivity contribution < 1.29 is 0 Å². The molecule has 27 heavy (non-hydrogen) atoms. The van der Waals surface area contributed by atoms with E-state index in [0.29, 0.717) is 6.17 Å². The van der Waals surface area contributed by atoms with Crippen molar-refractivity contribution in [2.45, 2.75) is 79.3 Å². The highest BCUT2D eigenvalue weighted by atomic mass is 16.0. The van der Waals surface area contributed by atoms with Gasteiger partial charge < -0.3 is 5.32 Å². The summed E-state index contributed by atoms with van der Waals surface area (Å²) in [6.07, 6.45) is 7.65. The van der Waals surface area contributed by atoms with Crippen LogP contribution >= 0.6 is 0 Å². The van der Waals surface area contributed by atoms with Crippen LogP contribution in [0.25, 0.3) is 0 Å². The van der Waals surface area contributed by atoms with Gasteiger partial charge in [0.1, 0.15) is 0 Å². The third-order valence-electron chi connectivity index (χ3n) is 5.07. The molecule has 0 aromatic rings. The lowest BCUT2D eigenvalue weighted by Crippen LogP contribution is -2.62. The fourth-order valence-corrected chi connectivity index (χ4v) is 3.58. The van der Waals surface area contributed by atoms with Gasteiger partial charge in [0, 0.05) is 39.3 Å². The lowest BCUT2D eigenvalue weighted by atomic mass is 10.2. The summed E-state index contributed by atoms with van der Waals surface area (Å²) in [5.41, 5.74) is 0. The van der Waals surface area contributed by atoms with E-state index < -0.39 is 0 Å². The van der Waals surface area contributed by atoms with Gasteiger partial charge in [0.05, 0.1) is 6.17 Å². The summed E-state index contributed by atoms with van der Waals surface area (Å²) >= 11 is 0. The highest BCUT2D eigenvalue weighted by Crippen LogP contribution is 2.14. The Morgan fingerprint density at radius 2 is 1.19 bits per heavy atom. The maximum Gasteiger partial charge on any atom is 0.0590 e. The summed E-state index contributed by atoms with van der Waals surface area (Å²) in [7, 11) is 6.37. The number of unbranched alkanes of at least 4 members (excludes halogenated alkanes) is 1. The van der Waals surface area contributed by atoms with Gasteiger partial charge >= 0.3 is 0 Å². The molecule has 0 aliphatic carbocycles. The molecule has 0 aromatic carbocycles. The minimum Gasteiger partial charge on any atom is -0.305 e. The fraction of sp³-hybridized carbons (Fsp3) is 1.00. The van der Waals surface area contributed by atoms with E-state index in [2.05, 4.69) is 86.2 Å². The Balaban J connectivity index is 5.31. The molecule has 0 heterocycles. The van der Waals surface area contributed by atoms with E-state index in [1.807, 2.05) is 0 Å². The molecule has 0 saturated heterocycles. The molecule has 0 rings (SSSR count). The van der Waals surface area contributed by atoms with Crippen LogP contribution in [0, 0.1) is 0 Å². The van der Waals surface area contributed by atoms with Gasteiger partial charge in [0.15, 0.2) is 0 Å². The zero-order valence-corrected chi connectivity index (χ0v) is 19.8. The maximum atomic E-state index is 3.43. The number of hydrogen-bond acceptors (Lipinski definition) is 6. The summed E-state index contributed by atoms with van der Waals surface area (Å²) in [6.45, 7) is 17.9. The van der Waals surface area contributed by atoms with Gasteiger partial charge in [0.2, 0.25) is 0 Å². The van der Waals surface area contributed by atoms with E-state index in [9.17, 15) is 0 Å². The standard InChI is InChI=1S/C21H50N6/c1-9-14-19-26(20-15-16-21(22-6)23(7)8)27(24(12-4)13-5)25(17-10-2)18-11-3/h21-22H,9-20H2,1-8H3. The van der Waals surface area contributed by atoms with Crippen LogP contribution in [0.2, 0.25) is 0 Å². The van der Waals surface area contributed by atoms with Crippen molar-refractivity contribution in [1.82, 2.24) is 30.5 Å². The predicted octanol–water partition coefficient (Wildman–Crippen LogP) is 3.49. The smallest absolute Gasteiger partial charge is 0.0590 e. The van der Waals surface area contributed by atoms with Crippen LogP contribution in [0.3, 0.4) is 0 Å². The third kappa shape index (κ3) is 10.2. The van der Waals surface area contributed by atoms with Gasteiger partial charge in [-0.3, -0.25) is 4.90 Å². The Morgan fingerprint density at radius 1 is 0.667 bits per heavy atom. The van der Waals surface area contributed by atoms with Gasteiger partial charge in [-0.05, 0) is 53.2 Å². The van der Waals surface area contributed by atoms with Crippen LogP contribution < -0.4 is 5.32 Å². The molecular weight excluding hydrogens is 336 g/mol. The molecule has 1 N–H and O–H groups in total. The second kappa shape index (κ2) is 16.7. The van der Waals surface area contributed by atoms with E-state index in [4.69, 9.17) is 0 Å². The summed E-state index contributed by atoms with van der Waals surface area (Å²) < 4.78 is 0. The van der Waals surface area contributed by atoms with E-state index in [0.717, 1.165) is 39.3 Å². The number of hydrogen-bond donors (Lipinski definition) is 1. The van der Waals surface area contributed by atoms with E-state index in [1.54, 1.807) is 0 Å². The monoisotopic (exact) mass is 386 g/mol. The zero-order valence-electron chi connectivity index (χ0n) is 19.8. The molecule has 0 spiro atoms. The molecule has 1 unspecified atom stereocenters. The first-order valence-corrected chi connectivity index (χ1v) is 11.4. The summed E-state index contributed by atoms with van der Waals surface area (Å²) in [4.78, 5) is 2.28. The van der Waals surface area contributed by atoms with E-state index >= 15 is 0 Å². The van der Waals surface area contributed by atoms with Crippen LogP contribution in [0.4, 0.5) is 0 Å². The Morgan fingerprint density at radius 3 is 1.59 bits per heavy atom. The maximum absolute atomic E-state index is 3.43. The lowest BCUT2D eigenvalue weighted by Gasteiger charge is -2.47. The Bertz CT molecular complexity index is 316. The normalized spacial score (nSPS) is 13.7. The fourth-order valence-electron chi connectivity index (χ4n) is 3.58. The van der Waals surface area contributed by atoms with Crippen molar-refractivity contribution in [3.63, 3.8) is 0 Å². The molecular formula is C21H50N6. The topological polar surface area (TPSA) is 28.2 Å². The van der Waals surface area contributed by atoms with Crippen LogP contribution in [0.5, 0.6) is 0 Å². The first-order valence-electron chi connectivity index (χ1n) is 11.4. The van der Waals surface area contributed by atoms with Gasteiger partial charge in [-0.1, -0.05) is 41.0 Å². The number of nitrogens with one attached hydrogen (secondary N) is 1. The SMILES string of the molecule is CCCCN(CCCC(NC)N(C)C)N(N(CC)CC)N(CCC)CCC.